The predicted molar refractivity (Wildman–Crippen MR) is 121 cm³/mol. The highest BCUT2D eigenvalue weighted by Gasteiger charge is 2.48. The van der Waals surface area contributed by atoms with Crippen LogP contribution in [0.25, 0.3) is 0 Å². The minimum absolute atomic E-state index is 0.0603. The second-order valence-electron chi connectivity index (χ2n) is 10.1. The topological polar surface area (TPSA) is 95.6 Å². The van der Waals surface area contributed by atoms with Gasteiger partial charge in [0.05, 0.1) is 18.8 Å². The number of amides is 1. The minimum atomic E-state index is -0.394. The van der Waals surface area contributed by atoms with Gasteiger partial charge < -0.3 is 21.3 Å². The van der Waals surface area contributed by atoms with E-state index in [-0.39, 0.29) is 12.5 Å². The first-order valence-electron chi connectivity index (χ1n) is 12.1. The van der Waals surface area contributed by atoms with Crippen LogP contribution < -0.4 is 11.1 Å². The number of hydrogen-bond acceptors (Lipinski definition) is 4. The number of aliphatic hydroxyl groups is 2. The molecule has 0 aromatic carbocycles. The molecule has 5 nitrogen and oxygen atoms in total. The molecule has 0 aromatic rings. The fourth-order valence-corrected chi connectivity index (χ4v) is 6.34. The quantitative estimate of drug-likeness (QED) is 0.453. The maximum atomic E-state index is 11.2. The van der Waals surface area contributed by atoms with Crippen LogP contribution in [0, 0.1) is 17.3 Å². The van der Waals surface area contributed by atoms with E-state index < -0.39 is 12.2 Å². The van der Waals surface area contributed by atoms with Crippen molar-refractivity contribution in [3.63, 3.8) is 0 Å². The summed E-state index contributed by atoms with van der Waals surface area (Å²) in [4.78, 5) is 11.2. The number of rotatable bonds is 8. The van der Waals surface area contributed by atoms with Crippen LogP contribution in [0.15, 0.2) is 23.3 Å². The summed E-state index contributed by atoms with van der Waals surface area (Å²) in [6, 6.07) is 0. The number of allylic oxidation sites excluding steroid dienone is 3. The Balaban J connectivity index is 1.51. The van der Waals surface area contributed by atoms with Crippen molar-refractivity contribution in [1.82, 2.24) is 5.32 Å². The first-order valence-corrected chi connectivity index (χ1v) is 12.1. The summed E-state index contributed by atoms with van der Waals surface area (Å²) in [5.41, 5.74) is 8.52. The van der Waals surface area contributed by atoms with E-state index in [0.717, 1.165) is 18.9 Å². The molecule has 5 atom stereocenters. The Kier molecular flexibility index (Phi) is 8.55. The normalized spacial score (nSPS) is 35.3. The van der Waals surface area contributed by atoms with Gasteiger partial charge >= 0.3 is 0 Å². The average molecular weight is 419 g/mol. The van der Waals surface area contributed by atoms with E-state index in [0.29, 0.717) is 30.6 Å². The standard InChI is InChI=1S/C25H42N2O3/c1-25-12-5-6-19(9-8-18-14-21(28)16-22(29)15-18)23(25)11-10-20(25)7-3-2-4-13-27-24(30)17-26/h8-9,20-23,28-29H,2-7,10-17,26H2,1H3,(H,27,30)/b19-9+/t20-,21+,22+,23-,25+/m0/s1. The molecule has 3 aliphatic carbocycles. The van der Waals surface area contributed by atoms with Gasteiger partial charge in [0.2, 0.25) is 5.91 Å². The highest BCUT2D eigenvalue weighted by molar-refractivity contribution is 5.77. The molecule has 1 amide bonds. The first-order chi connectivity index (χ1) is 14.4. The summed E-state index contributed by atoms with van der Waals surface area (Å²) in [6.45, 7) is 3.34. The zero-order valence-corrected chi connectivity index (χ0v) is 18.7. The van der Waals surface area contributed by atoms with Crippen LogP contribution in [-0.2, 0) is 4.79 Å². The van der Waals surface area contributed by atoms with Crippen LogP contribution >= 0.6 is 0 Å². The third kappa shape index (κ3) is 5.95. The summed E-state index contributed by atoms with van der Waals surface area (Å²) in [7, 11) is 0. The van der Waals surface area contributed by atoms with Crippen molar-refractivity contribution >= 4 is 5.91 Å². The molecular formula is C25H42N2O3. The highest BCUT2D eigenvalue weighted by Crippen LogP contribution is 2.58. The molecule has 3 saturated carbocycles. The largest absolute Gasteiger partial charge is 0.393 e. The van der Waals surface area contributed by atoms with E-state index in [1.54, 1.807) is 5.57 Å². The van der Waals surface area contributed by atoms with Crippen LogP contribution in [0.4, 0.5) is 0 Å². The monoisotopic (exact) mass is 418 g/mol. The Morgan fingerprint density at radius 3 is 2.67 bits per heavy atom. The van der Waals surface area contributed by atoms with Crippen molar-refractivity contribution in [2.75, 3.05) is 13.1 Å². The minimum Gasteiger partial charge on any atom is -0.393 e. The molecule has 0 radical (unpaired) electrons. The van der Waals surface area contributed by atoms with Gasteiger partial charge in [-0.05, 0) is 81.5 Å². The highest BCUT2D eigenvalue weighted by atomic mass is 16.3. The maximum absolute atomic E-state index is 11.2. The van der Waals surface area contributed by atoms with Crippen LogP contribution in [0.2, 0.25) is 0 Å². The second kappa shape index (κ2) is 10.9. The number of fused-ring (bicyclic) bond motifs is 1. The summed E-state index contributed by atoms with van der Waals surface area (Å²) in [5, 5.41) is 22.7. The van der Waals surface area contributed by atoms with Crippen molar-refractivity contribution in [3.05, 3.63) is 23.3 Å². The number of hydrogen-bond donors (Lipinski definition) is 4. The van der Waals surface area contributed by atoms with E-state index in [4.69, 9.17) is 5.73 Å². The lowest BCUT2D eigenvalue weighted by atomic mass is 9.62. The van der Waals surface area contributed by atoms with Gasteiger partial charge in [-0.2, -0.15) is 0 Å². The number of aliphatic hydroxyl groups excluding tert-OH is 2. The molecule has 0 aromatic heterocycles. The van der Waals surface area contributed by atoms with Gasteiger partial charge in [0.25, 0.3) is 0 Å². The third-order valence-corrected chi connectivity index (χ3v) is 7.97. The average Bonchev–Trinajstić information content (AvgIpc) is 3.04. The molecule has 170 valence electrons. The van der Waals surface area contributed by atoms with Gasteiger partial charge in [-0.15, -0.1) is 0 Å². The first kappa shape index (κ1) is 23.5. The molecule has 3 fully saturated rings. The van der Waals surface area contributed by atoms with E-state index >= 15 is 0 Å². The fraction of sp³-hybridized carbons (Fsp3) is 0.800. The lowest BCUT2D eigenvalue weighted by molar-refractivity contribution is -0.119. The number of carbonyl (C=O) groups excluding carboxylic acids is 1. The summed E-state index contributed by atoms with van der Waals surface area (Å²) >= 11 is 0. The van der Waals surface area contributed by atoms with Gasteiger partial charge in [0, 0.05) is 6.54 Å². The van der Waals surface area contributed by atoms with Crippen molar-refractivity contribution in [2.45, 2.75) is 96.2 Å². The molecule has 5 heteroatoms. The number of nitrogens with two attached hydrogens (primary N) is 1. The molecule has 0 heterocycles. The Bertz CT molecular complexity index is 632. The Morgan fingerprint density at radius 2 is 1.93 bits per heavy atom. The van der Waals surface area contributed by atoms with Crippen molar-refractivity contribution in [1.29, 1.82) is 0 Å². The Morgan fingerprint density at radius 1 is 1.17 bits per heavy atom. The van der Waals surface area contributed by atoms with E-state index in [9.17, 15) is 15.0 Å². The molecule has 0 saturated heterocycles. The van der Waals surface area contributed by atoms with E-state index in [2.05, 4.69) is 24.4 Å². The Labute approximate surface area is 182 Å². The smallest absolute Gasteiger partial charge is 0.233 e. The number of unbranched alkanes of at least 4 members (excludes halogenated alkanes) is 2. The summed E-state index contributed by atoms with van der Waals surface area (Å²) in [6.07, 6.45) is 16.8. The van der Waals surface area contributed by atoms with Gasteiger partial charge in [0.15, 0.2) is 0 Å². The van der Waals surface area contributed by atoms with Crippen LogP contribution in [0.1, 0.15) is 84.0 Å². The molecule has 5 N–H and O–H groups in total. The lowest BCUT2D eigenvalue weighted by Gasteiger charge is -2.42. The van der Waals surface area contributed by atoms with Crippen LogP contribution in [-0.4, -0.2) is 41.4 Å². The molecule has 0 spiro atoms. The fourth-order valence-electron chi connectivity index (χ4n) is 6.34. The molecule has 30 heavy (non-hydrogen) atoms. The number of carbonyl (C=O) groups is 1. The predicted octanol–water partition coefficient (Wildman–Crippen LogP) is 3.60. The molecule has 0 bridgehead atoms. The zero-order chi connectivity index (χ0) is 21.6. The van der Waals surface area contributed by atoms with E-state index in [1.165, 1.54) is 56.9 Å². The molecule has 3 aliphatic rings. The number of nitrogens with one attached hydrogen (secondary N) is 1. The zero-order valence-electron chi connectivity index (χ0n) is 18.7. The molecule has 0 aliphatic heterocycles. The second-order valence-corrected chi connectivity index (χ2v) is 10.1. The molecular weight excluding hydrogens is 376 g/mol. The maximum Gasteiger partial charge on any atom is 0.233 e. The third-order valence-electron chi connectivity index (χ3n) is 7.97. The van der Waals surface area contributed by atoms with Gasteiger partial charge in [-0.25, -0.2) is 0 Å². The lowest BCUT2D eigenvalue weighted by Crippen LogP contribution is -2.33. The van der Waals surface area contributed by atoms with Crippen molar-refractivity contribution < 1.29 is 15.0 Å². The van der Waals surface area contributed by atoms with Crippen LogP contribution in [0.3, 0.4) is 0 Å². The van der Waals surface area contributed by atoms with E-state index in [1.807, 2.05) is 0 Å². The molecule has 3 rings (SSSR count). The van der Waals surface area contributed by atoms with Gasteiger partial charge in [-0.3, -0.25) is 4.79 Å². The SMILES string of the molecule is C[C@]12CCC/C(=C\C=C3C[C@@H](O)C[C@H](O)C3)[C@@H]1CC[C@@H]2CCCCCNC(=O)CN. The van der Waals surface area contributed by atoms with Crippen molar-refractivity contribution in [3.8, 4) is 0 Å². The molecule has 0 unspecified atom stereocenters. The van der Waals surface area contributed by atoms with Crippen molar-refractivity contribution in [2.24, 2.45) is 23.0 Å². The van der Waals surface area contributed by atoms with Gasteiger partial charge in [0.1, 0.15) is 0 Å². The summed E-state index contributed by atoms with van der Waals surface area (Å²) in [5.74, 6) is 1.43. The van der Waals surface area contributed by atoms with Crippen LogP contribution in [0.5, 0.6) is 0 Å². The Hall–Kier alpha value is -1.17. The summed E-state index contributed by atoms with van der Waals surface area (Å²) < 4.78 is 0. The van der Waals surface area contributed by atoms with Gasteiger partial charge in [-0.1, -0.05) is 43.1 Å².